The maximum atomic E-state index is 5.76. The van der Waals surface area contributed by atoms with E-state index < -0.39 is 8.32 Å². The molecule has 0 amide bonds. The van der Waals surface area contributed by atoms with Gasteiger partial charge in [0.25, 0.3) is 0 Å². The van der Waals surface area contributed by atoms with E-state index in [1.165, 1.54) is 0 Å². The van der Waals surface area contributed by atoms with E-state index in [1.807, 2.05) is 18.2 Å². The van der Waals surface area contributed by atoms with Gasteiger partial charge in [-0.2, -0.15) is 0 Å². The molecule has 0 aromatic rings. The summed E-state index contributed by atoms with van der Waals surface area (Å²) in [6.45, 7) is 15.5. The molecule has 0 saturated carbocycles. The lowest BCUT2D eigenvalue weighted by Gasteiger charge is -2.27. The molecule has 0 aromatic heterocycles. The Morgan fingerprint density at radius 1 is 0.923 bits per heavy atom. The molecule has 1 nitrogen and oxygen atoms in total. The molecule has 73 valence electrons. The minimum absolute atomic E-state index is 0.530. The number of rotatable bonds is 8. The standard InChI is InChI=1S/C11H19OSi/c1-5-9-13(10-6-2,11-7-3)12-8-4/h5-7H,1-4,8-11H2. The highest BCUT2D eigenvalue weighted by molar-refractivity contribution is 6.75. The van der Waals surface area contributed by atoms with Crippen molar-refractivity contribution in [2.75, 3.05) is 6.61 Å². The van der Waals surface area contributed by atoms with Crippen molar-refractivity contribution in [1.29, 1.82) is 0 Å². The molecule has 0 spiro atoms. The van der Waals surface area contributed by atoms with Gasteiger partial charge in [-0.15, -0.1) is 19.7 Å². The van der Waals surface area contributed by atoms with Gasteiger partial charge >= 0.3 is 0 Å². The fourth-order valence-corrected chi connectivity index (χ4v) is 4.30. The van der Waals surface area contributed by atoms with E-state index in [1.54, 1.807) is 0 Å². The first kappa shape index (κ1) is 12.4. The van der Waals surface area contributed by atoms with Crippen molar-refractivity contribution in [3.05, 3.63) is 44.9 Å². The van der Waals surface area contributed by atoms with Crippen LogP contribution >= 0.6 is 0 Å². The van der Waals surface area contributed by atoms with Crippen LogP contribution in [0.15, 0.2) is 38.0 Å². The number of hydrogen-bond acceptors (Lipinski definition) is 1. The first-order chi connectivity index (χ1) is 6.24. The van der Waals surface area contributed by atoms with Gasteiger partial charge in [-0.1, -0.05) is 18.2 Å². The van der Waals surface area contributed by atoms with Crippen LogP contribution in [0.3, 0.4) is 0 Å². The SMILES string of the molecule is [CH2]CO[Si](CC=C)(CC=C)CC=C. The van der Waals surface area contributed by atoms with Gasteiger partial charge in [-0.3, -0.25) is 0 Å². The second kappa shape index (κ2) is 6.86. The summed E-state index contributed by atoms with van der Waals surface area (Å²) < 4.78 is 5.76. The first-order valence-corrected chi connectivity index (χ1v) is 7.03. The molecule has 13 heavy (non-hydrogen) atoms. The summed E-state index contributed by atoms with van der Waals surface area (Å²) >= 11 is 0. The zero-order valence-electron chi connectivity index (χ0n) is 8.30. The van der Waals surface area contributed by atoms with Crippen LogP contribution in [-0.2, 0) is 4.43 Å². The van der Waals surface area contributed by atoms with Crippen molar-refractivity contribution in [2.45, 2.75) is 18.1 Å². The van der Waals surface area contributed by atoms with E-state index in [-0.39, 0.29) is 0 Å². The van der Waals surface area contributed by atoms with Gasteiger partial charge in [0.1, 0.15) is 0 Å². The van der Waals surface area contributed by atoms with Crippen LogP contribution in [0.4, 0.5) is 0 Å². The minimum Gasteiger partial charge on any atom is -0.416 e. The third kappa shape index (κ3) is 4.25. The monoisotopic (exact) mass is 195 g/mol. The molecule has 2 heteroatoms. The van der Waals surface area contributed by atoms with Crippen LogP contribution in [0.25, 0.3) is 0 Å². The second-order valence-electron chi connectivity index (χ2n) is 3.01. The van der Waals surface area contributed by atoms with Gasteiger partial charge in [-0.05, 0) is 25.1 Å². The van der Waals surface area contributed by atoms with Gasteiger partial charge in [0, 0.05) is 6.61 Å². The summed E-state index contributed by atoms with van der Waals surface area (Å²) in [5.41, 5.74) is 0. The van der Waals surface area contributed by atoms with Crippen LogP contribution in [0, 0.1) is 6.92 Å². The van der Waals surface area contributed by atoms with Crippen molar-refractivity contribution < 1.29 is 4.43 Å². The molecule has 0 heterocycles. The topological polar surface area (TPSA) is 9.23 Å². The van der Waals surface area contributed by atoms with Crippen LogP contribution in [0.5, 0.6) is 0 Å². The Balaban J connectivity index is 4.44. The van der Waals surface area contributed by atoms with E-state index in [0.29, 0.717) is 6.61 Å². The minimum atomic E-state index is -1.71. The van der Waals surface area contributed by atoms with Gasteiger partial charge in [0.2, 0.25) is 8.32 Å². The molecular formula is C11H19OSi. The molecule has 0 saturated heterocycles. The van der Waals surface area contributed by atoms with Crippen molar-refractivity contribution in [1.82, 2.24) is 0 Å². The lowest BCUT2D eigenvalue weighted by atomic mass is 10.7. The summed E-state index contributed by atoms with van der Waals surface area (Å²) in [5.74, 6) is 0. The van der Waals surface area contributed by atoms with Gasteiger partial charge in [-0.25, -0.2) is 0 Å². The maximum Gasteiger partial charge on any atom is 0.203 e. The Bertz CT molecular complexity index is 148. The van der Waals surface area contributed by atoms with Crippen molar-refractivity contribution in [3.8, 4) is 0 Å². The smallest absolute Gasteiger partial charge is 0.203 e. The third-order valence-corrected chi connectivity index (χ3v) is 5.87. The summed E-state index contributed by atoms with van der Waals surface area (Å²) in [4.78, 5) is 0. The molecule has 0 rings (SSSR count). The largest absolute Gasteiger partial charge is 0.416 e. The van der Waals surface area contributed by atoms with Gasteiger partial charge in [0.05, 0.1) is 0 Å². The van der Waals surface area contributed by atoms with Gasteiger partial charge in [0.15, 0.2) is 0 Å². The summed E-state index contributed by atoms with van der Waals surface area (Å²) in [5, 5.41) is 0. The van der Waals surface area contributed by atoms with Crippen molar-refractivity contribution in [3.63, 3.8) is 0 Å². The van der Waals surface area contributed by atoms with E-state index in [0.717, 1.165) is 18.1 Å². The number of allylic oxidation sites excluding steroid dienone is 3. The fourth-order valence-electron chi connectivity index (χ4n) is 1.43. The fraction of sp³-hybridized carbons (Fsp3) is 0.364. The molecule has 0 bridgehead atoms. The summed E-state index contributed by atoms with van der Waals surface area (Å²) in [6, 6.07) is 2.84. The van der Waals surface area contributed by atoms with Crippen molar-refractivity contribution in [2.24, 2.45) is 0 Å². The van der Waals surface area contributed by atoms with E-state index in [2.05, 4.69) is 26.7 Å². The second-order valence-corrected chi connectivity index (χ2v) is 6.89. The predicted molar refractivity (Wildman–Crippen MR) is 62.1 cm³/mol. The quantitative estimate of drug-likeness (QED) is 0.426. The molecule has 0 N–H and O–H groups in total. The highest BCUT2D eigenvalue weighted by Gasteiger charge is 2.30. The van der Waals surface area contributed by atoms with Crippen LogP contribution < -0.4 is 0 Å². The van der Waals surface area contributed by atoms with Gasteiger partial charge < -0.3 is 4.43 Å². The Morgan fingerprint density at radius 3 is 1.54 bits per heavy atom. The van der Waals surface area contributed by atoms with E-state index in [4.69, 9.17) is 4.43 Å². The Hall–Kier alpha value is -0.603. The zero-order valence-corrected chi connectivity index (χ0v) is 9.30. The molecule has 0 atom stereocenters. The highest BCUT2D eigenvalue weighted by atomic mass is 28.4. The van der Waals surface area contributed by atoms with Crippen molar-refractivity contribution >= 4 is 8.32 Å². The molecule has 0 aliphatic rings. The molecule has 1 radical (unpaired) electrons. The maximum absolute atomic E-state index is 5.76. The average Bonchev–Trinajstić information content (AvgIpc) is 2.06. The van der Waals surface area contributed by atoms with Crippen LogP contribution in [0.1, 0.15) is 0 Å². The lowest BCUT2D eigenvalue weighted by molar-refractivity contribution is 0.346. The Kier molecular flexibility index (Phi) is 6.55. The highest BCUT2D eigenvalue weighted by Crippen LogP contribution is 2.23. The van der Waals surface area contributed by atoms with E-state index >= 15 is 0 Å². The predicted octanol–water partition coefficient (Wildman–Crippen LogP) is 3.34. The zero-order chi connectivity index (χ0) is 10.2. The third-order valence-electron chi connectivity index (χ3n) is 1.96. The summed E-state index contributed by atoms with van der Waals surface area (Å²) in [7, 11) is -1.71. The molecular weight excluding hydrogens is 176 g/mol. The lowest BCUT2D eigenvalue weighted by Crippen LogP contribution is -2.36. The summed E-state index contributed by atoms with van der Waals surface area (Å²) in [6.07, 6.45) is 5.78. The van der Waals surface area contributed by atoms with Crippen LogP contribution in [-0.4, -0.2) is 14.9 Å². The number of hydrogen-bond donors (Lipinski definition) is 0. The Morgan fingerprint density at radius 2 is 1.31 bits per heavy atom. The molecule has 0 fully saturated rings. The molecule has 0 unspecified atom stereocenters. The normalized spacial score (nSPS) is 10.8. The first-order valence-electron chi connectivity index (χ1n) is 4.50. The molecule has 0 aliphatic carbocycles. The Labute approximate surface area is 82.9 Å². The average molecular weight is 195 g/mol. The van der Waals surface area contributed by atoms with Crippen LogP contribution in [0.2, 0.25) is 18.1 Å². The molecule has 0 aliphatic heterocycles. The van der Waals surface area contributed by atoms with E-state index in [9.17, 15) is 0 Å². The molecule has 0 aromatic carbocycles.